The van der Waals surface area contributed by atoms with Crippen molar-refractivity contribution in [2.75, 3.05) is 0 Å². The third-order valence-corrected chi connectivity index (χ3v) is 2.85. The van der Waals surface area contributed by atoms with Crippen LogP contribution in [0.25, 0.3) is 0 Å². The SMILES string of the molecule is CC(=O)Cc1cccc(SC(F)(F)F)c1C(F)F. The molecule has 1 rings (SSSR count). The first-order valence-corrected chi connectivity index (χ1v) is 5.67. The number of rotatable bonds is 4. The van der Waals surface area contributed by atoms with E-state index in [1.54, 1.807) is 0 Å². The first-order chi connectivity index (χ1) is 8.20. The fourth-order valence-electron chi connectivity index (χ4n) is 1.47. The summed E-state index contributed by atoms with van der Waals surface area (Å²) in [5.41, 5.74) is -5.42. The van der Waals surface area contributed by atoms with Crippen LogP contribution in [0.2, 0.25) is 0 Å². The summed E-state index contributed by atoms with van der Waals surface area (Å²) in [6.45, 7) is 1.19. The maximum atomic E-state index is 12.8. The Bertz CT molecular complexity index is 442. The van der Waals surface area contributed by atoms with Crippen molar-refractivity contribution in [1.29, 1.82) is 0 Å². The Labute approximate surface area is 104 Å². The lowest BCUT2D eigenvalue weighted by molar-refractivity contribution is -0.116. The zero-order valence-electron chi connectivity index (χ0n) is 9.22. The Morgan fingerprint density at radius 3 is 2.39 bits per heavy atom. The van der Waals surface area contributed by atoms with E-state index < -0.39 is 34.2 Å². The van der Waals surface area contributed by atoms with E-state index >= 15 is 0 Å². The van der Waals surface area contributed by atoms with E-state index in [4.69, 9.17) is 0 Å². The van der Waals surface area contributed by atoms with Crippen LogP contribution in [0, 0.1) is 0 Å². The molecule has 1 aromatic rings. The topological polar surface area (TPSA) is 17.1 Å². The number of carbonyl (C=O) groups is 1. The van der Waals surface area contributed by atoms with Crippen molar-refractivity contribution < 1.29 is 26.7 Å². The smallest absolute Gasteiger partial charge is 0.300 e. The maximum absolute atomic E-state index is 12.8. The predicted octanol–water partition coefficient (Wildman–Crippen LogP) is 4.37. The molecule has 0 spiro atoms. The van der Waals surface area contributed by atoms with Crippen LogP contribution in [-0.4, -0.2) is 11.3 Å². The highest BCUT2D eigenvalue weighted by molar-refractivity contribution is 8.00. The second kappa shape index (κ2) is 5.69. The van der Waals surface area contributed by atoms with Gasteiger partial charge in [0.1, 0.15) is 5.78 Å². The largest absolute Gasteiger partial charge is 0.446 e. The first kappa shape index (κ1) is 14.9. The van der Waals surface area contributed by atoms with Gasteiger partial charge < -0.3 is 0 Å². The third-order valence-electron chi connectivity index (χ3n) is 2.04. The molecule has 18 heavy (non-hydrogen) atoms. The molecule has 0 radical (unpaired) electrons. The van der Waals surface area contributed by atoms with E-state index in [2.05, 4.69) is 0 Å². The van der Waals surface area contributed by atoms with Crippen molar-refractivity contribution in [3.05, 3.63) is 29.3 Å². The molecule has 0 aliphatic heterocycles. The summed E-state index contributed by atoms with van der Waals surface area (Å²) in [5.74, 6) is -0.383. The molecule has 0 saturated carbocycles. The summed E-state index contributed by atoms with van der Waals surface area (Å²) in [6.07, 6.45) is -3.35. The molecule has 0 atom stereocenters. The Hall–Kier alpha value is -1.11. The Kier molecular flexibility index (Phi) is 4.72. The third kappa shape index (κ3) is 4.29. The van der Waals surface area contributed by atoms with Crippen LogP contribution in [0.1, 0.15) is 24.5 Å². The molecule has 100 valence electrons. The number of carbonyl (C=O) groups excluding carboxylic acids is 1. The fraction of sp³-hybridized carbons (Fsp3) is 0.364. The normalized spacial score (nSPS) is 11.9. The van der Waals surface area contributed by atoms with Gasteiger partial charge in [-0.2, -0.15) is 13.2 Å². The van der Waals surface area contributed by atoms with E-state index in [-0.39, 0.29) is 17.8 Å². The first-order valence-electron chi connectivity index (χ1n) is 4.86. The maximum Gasteiger partial charge on any atom is 0.446 e. The molecule has 1 nitrogen and oxygen atoms in total. The predicted molar refractivity (Wildman–Crippen MR) is 57.7 cm³/mol. The van der Waals surface area contributed by atoms with Crippen molar-refractivity contribution >= 4 is 17.5 Å². The molecule has 0 heterocycles. The molecule has 0 N–H and O–H groups in total. The van der Waals surface area contributed by atoms with Gasteiger partial charge in [0.2, 0.25) is 0 Å². The van der Waals surface area contributed by atoms with E-state index in [9.17, 15) is 26.7 Å². The molecular weight excluding hydrogens is 275 g/mol. The standard InChI is InChI=1S/C11H9F5OS/c1-6(17)5-7-3-2-4-8(9(7)10(12)13)18-11(14,15)16/h2-4,10H,5H2,1H3. The number of thioether (sulfide) groups is 1. The average molecular weight is 284 g/mol. The van der Waals surface area contributed by atoms with Crippen LogP contribution in [0.4, 0.5) is 22.0 Å². The van der Waals surface area contributed by atoms with Crippen LogP contribution in [0.15, 0.2) is 23.1 Å². The molecule has 0 aliphatic carbocycles. The van der Waals surface area contributed by atoms with Gasteiger partial charge in [0.05, 0.1) is 0 Å². The van der Waals surface area contributed by atoms with Crippen molar-refractivity contribution in [3.8, 4) is 0 Å². The highest BCUT2D eigenvalue weighted by Gasteiger charge is 2.32. The van der Waals surface area contributed by atoms with Crippen LogP contribution >= 0.6 is 11.8 Å². The van der Waals surface area contributed by atoms with Crippen LogP contribution in [0.3, 0.4) is 0 Å². The van der Waals surface area contributed by atoms with E-state index in [0.29, 0.717) is 0 Å². The van der Waals surface area contributed by atoms with Gasteiger partial charge in [-0.25, -0.2) is 8.78 Å². The summed E-state index contributed by atoms with van der Waals surface area (Å²) in [5, 5.41) is 0. The Balaban J connectivity index is 3.21. The van der Waals surface area contributed by atoms with Gasteiger partial charge in [-0.15, -0.1) is 0 Å². The lowest BCUT2D eigenvalue weighted by atomic mass is 10.0. The second-order valence-electron chi connectivity index (χ2n) is 3.56. The number of benzene rings is 1. The molecule has 1 aromatic carbocycles. The zero-order chi connectivity index (χ0) is 13.9. The molecule has 0 bridgehead atoms. The molecular formula is C11H9F5OS. The molecule has 0 amide bonds. The van der Waals surface area contributed by atoms with Crippen molar-refractivity contribution in [2.45, 2.75) is 30.2 Å². The zero-order valence-corrected chi connectivity index (χ0v) is 10.0. The number of ketones is 1. The quantitative estimate of drug-likeness (QED) is 0.603. The van der Waals surface area contributed by atoms with E-state index in [1.165, 1.54) is 19.1 Å². The van der Waals surface area contributed by atoms with Gasteiger partial charge in [-0.3, -0.25) is 4.79 Å². The minimum Gasteiger partial charge on any atom is -0.300 e. The average Bonchev–Trinajstić information content (AvgIpc) is 2.13. The molecule has 7 heteroatoms. The molecule has 0 unspecified atom stereocenters. The Morgan fingerprint density at radius 2 is 1.94 bits per heavy atom. The number of alkyl halides is 5. The van der Waals surface area contributed by atoms with Gasteiger partial charge in [-0.05, 0) is 30.3 Å². The van der Waals surface area contributed by atoms with E-state index in [0.717, 1.165) is 6.07 Å². The van der Waals surface area contributed by atoms with Crippen LogP contribution in [-0.2, 0) is 11.2 Å². The van der Waals surface area contributed by atoms with Gasteiger partial charge in [0.15, 0.2) is 0 Å². The second-order valence-corrected chi connectivity index (χ2v) is 4.66. The lowest BCUT2D eigenvalue weighted by Crippen LogP contribution is -2.06. The lowest BCUT2D eigenvalue weighted by Gasteiger charge is -2.14. The van der Waals surface area contributed by atoms with Crippen molar-refractivity contribution in [3.63, 3.8) is 0 Å². The number of halogens is 5. The summed E-state index contributed by atoms with van der Waals surface area (Å²) >= 11 is -0.594. The van der Waals surface area contributed by atoms with Gasteiger partial charge in [0, 0.05) is 16.9 Å². The highest BCUT2D eigenvalue weighted by Crippen LogP contribution is 2.42. The molecule has 0 saturated heterocycles. The van der Waals surface area contributed by atoms with Gasteiger partial charge in [0.25, 0.3) is 6.43 Å². The number of Topliss-reactive ketones (excluding diaryl/α,β-unsaturated/α-hetero) is 1. The molecule has 0 fully saturated rings. The van der Waals surface area contributed by atoms with Gasteiger partial charge in [-0.1, -0.05) is 12.1 Å². The summed E-state index contributed by atoms with van der Waals surface area (Å²) in [4.78, 5) is 10.4. The number of hydrogen-bond acceptors (Lipinski definition) is 2. The van der Waals surface area contributed by atoms with Crippen LogP contribution < -0.4 is 0 Å². The highest BCUT2D eigenvalue weighted by atomic mass is 32.2. The monoisotopic (exact) mass is 284 g/mol. The fourth-order valence-corrected chi connectivity index (χ4v) is 2.20. The molecule has 0 aromatic heterocycles. The van der Waals surface area contributed by atoms with Crippen molar-refractivity contribution in [1.82, 2.24) is 0 Å². The van der Waals surface area contributed by atoms with Gasteiger partial charge >= 0.3 is 5.51 Å². The summed E-state index contributed by atoms with van der Waals surface area (Å²) in [6, 6.07) is 3.45. The summed E-state index contributed by atoms with van der Waals surface area (Å²) < 4.78 is 62.3. The van der Waals surface area contributed by atoms with E-state index in [1.807, 2.05) is 0 Å². The minimum atomic E-state index is -4.64. The Morgan fingerprint density at radius 1 is 1.33 bits per heavy atom. The minimum absolute atomic E-state index is 0.0632. The molecule has 0 aliphatic rings. The summed E-state index contributed by atoms with van der Waals surface area (Å²) in [7, 11) is 0. The number of hydrogen-bond donors (Lipinski definition) is 0. The van der Waals surface area contributed by atoms with Crippen molar-refractivity contribution in [2.24, 2.45) is 0 Å². The van der Waals surface area contributed by atoms with Crippen LogP contribution in [0.5, 0.6) is 0 Å².